The van der Waals surface area contributed by atoms with Crippen molar-refractivity contribution in [2.45, 2.75) is 29.3 Å². The van der Waals surface area contributed by atoms with E-state index in [2.05, 4.69) is 32.0 Å². The molecule has 1 saturated heterocycles. The van der Waals surface area contributed by atoms with Crippen LogP contribution in [0.25, 0.3) is 10.6 Å². The summed E-state index contributed by atoms with van der Waals surface area (Å²) < 4.78 is 27.0. The number of carbonyl (C=O) groups is 1. The summed E-state index contributed by atoms with van der Waals surface area (Å²) in [7, 11) is -3.54. The predicted octanol–water partition coefficient (Wildman–Crippen LogP) is 3.11. The van der Waals surface area contributed by atoms with Crippen LogP contribution in [0.15, 0.2) is 46.8 Å². The first kappa shape index (κ1) is 22.6. The highest BCUT2D eigenvalue weighted by atomic mass is 32.2. The van der Waals surface area contributed by atoms with Gasteiger partial charge in [0, 0.05) is 38.1 Å². The Morgan fingerprint density at radius 3 is 2.94 bits per heavy atom. The molecule has 178 valence electrons. The lowest BCUT2D eigenvalue weighted by Crippen LogP contribution is -2.33. The number of fused-ring (bicyclic) bond motifs is 1. The molecule has 3 aromatic rings. The smallest absolute Gasteiger partial charge is 0.317 e. The Bertz CT molecular complexity index is 1320. The highest BCUT2D eigenvalue weighted by Crippen LogP contribution is 2.35. The minimum atomic E-state index is -3.54. The first-order valence-electron chi connectivity index (χ1n) is 11.2. The molecule has 1 aromatic carbocycles. The fourth-order valence-electron chi connectivity index (χ4n) is 4.19. The molecule has 9 nitrogen and oxygen atoms in total. The molecule has 0 radical (unpaired) electrons. The number of hydrogen-bond acceptors (Lipinski definition) is 8. The molecule has 11 heteroatoms. The molecule has 1 fully saturated rings. The minimum absolute atomic E-state index is 0.0603. The number of urea groups is 1. The van der Waals surface area contributed by atoms with Crippen molar-refractivity contribution in [2.24, 2.45) is 0 Å². The van der Waals surface area contributed by atoms with Crippen molar-refractivity contribution in [2.75, 3.05) is 36.8 Å². The number of anilines is 2. The van der Waals surface area contributed by atoms with E-state index in [-0.39, 0.29) is 6.03 Å². The molecule has 5 rings (SSSR count). The van der Waals surface area contributed by atoms with Crippen LogP contribution >= 0.6 is 11.3 Å². The molecule has 4 heterocycles. The average Bonchev–Trinajstić information content (AvgIpc) is 3.49. The summed E-state index contributed by atoms with van der Waals surface area (Å²) in [5.74, 6) is 0.441. The van der Waals surface area contributed by atoms with Gasteiger partial charge in [0.15, 0.2) is 0 Å². The third kappa shape index (κ3) is 4.58. The van der Waals surface area contributed by atoms with Gasteiger partial charge in [0.05, 0.1) is 10.6 Å². The minimum Gasteiger partial charge on any atom is -0.369 e. The Balaban J connectivity index is 1.27. The van der Waals surface area contributed by atoms with Crippen molar-refractivity contribution in [1.29, 1.82) is 0 Å². The largest absolute Gasteiger partial charge is 0.369 e. The highest BCUT2D eigenvalue weighted by molar-refractivity contribution is 7.94. The van der Waals surface area contributed by atoms with Crippen molar-refractivity contribution in [3.8, 4) is 10.6 Å². The van der Waals surface area contributed by atoms with E-state index < -0.39 is 15.2 Å². The number of aryl methyl sites for hydroxylation is 2. The van der Waals surface area contributed by atoms with Crippen LogP contribution in [0.1, 0.15) is 17.5 Å². The second kappa shape index (κ2) is 9.22. The molecule has 0 bridgehead atoms. The lowest BCUT2D eigenvalue weighted by atomic mass is 10.0. The first-order chi connectivity index (χ1) is 16.4. The van der Waals surface area contributed by atoms with Gasteiger partial charge in [0.2, 0.25) is 15.8 Å². The molecule has 0 saturated carbocycles. The number of nitrogens with one attached hydrogen (secondary N) is 3. The molecule has 1 unspecified atom stereocenters. The van der Waals surface area contributed by atoms with Gasteiger partial charge in [-0.2, -0.15) is 0 Å². The maximum Gasteiger partial charge on any atom is 0.317 e. The van der Waals surface area contributed by atoms with Gasteiger partial charge < -0.3 is 20.9 Å². The van der Waals surface area contributed by atoms with E-state index in [4.69, 9.17) is 0 Å². The normalized spacial score (nSPS) is 17.7. The van der Waals surface area contributed by atoms with E-state index in [0.29, 0.717) is 48.5 Å². The van der Waals surface area contributed by atoms with Crippen LogP contribution in [-0.2, 0) is 16.3 Å². The van der Waals surface area contributed by atoms with Crippen molar-refractivity contribution >= 4 is 38.8 Å². The molecule has 34 heavy (non-hydrogen) atoms. The van der Waals surface area contributed by atoms with E-state index in [1.54, 1.807) is 29.3 Å². The Morgan fingerprint density at radius 1 is 1.24 bits per heavy atom. The zero-order valence-corrected chi connectivity index (χ0v) is 20.4. The van der Waals surface area contributed by atoms with Gasteiger partial charge in [0.25, 0.3) is 0 Å². The first-order valence-corrected chi connectivity index (χ1v) is 13.6. The highest BCUT2D eigenvalue weighted by Gasteiger charge is 2.32. The second-order valence-corrected chi connectivity index (χ2v) is 11.8. The molecule has 0 spiro atoms. The van der Waals surface area contributed by atoms with Gasteiger partial charge >= 0.3 is 6.03 Å². The molecular weight excluding hydrogens is 472 g/mol. The fraction of sp³-hybridized carbons (Fsp3) is 0.348. The quantitative estimate of drug-likeness (QED) is 0.458. The summed E-state index contributed by atoms with van der Waals surface area (Å²) >= 11 is 1.22. The van der Waals surface area contributed by atoms with Gasteiger partial charge in [-0.25, -0.2) is 23.2 Å². The van der Waals surface area contributed by atoms with E-state index >= 15 is 0 Å². The third-order valence-electron chi connectivity index (χ3n) is 6.01. The molecule has 2 aliphatic heterocycles. The standard InChI is InChI=1S/C23H26N6O3S2/c1-15-2-4-17-16(14-15)3-6-20(27-17)34(31,32)21-7-5-19(33-21)18-8-9-24-22(28-18)25-10-12-29-13-11-26-23(29)30/h2,4-5,7-9,14,20,27H,3,6,10-13H2,1H3,(H,26,30)(H,24,25,28). The zero-order chi connectivity index (χ0) is 23.7. The molecule has 1 atom stereocenters. The second-order valence-electron chi connectivity index (χ2n) is 8.41. The third-order valence-corrected chi connectivity index (χ3v) is 9.66. The van der Waals surface area contributed by atoms with Crippen LogP contribution < -0.4 is 16.0 Å². The van der Waals surface area contributed by atoms with E-state index in [0.717, 1.165) is 22.5 Å². The fourth-order valence-corrected chi connectivity index (χ4v) is 7.23. The number of thiophene rings is 1. The average molecular weight is 499 g/mol. The number of sulfone groups is 1. The summed E-state index contributed by atoms with van der Waals surface area (Å²) in [6.45, 7) is 4.47. The number of aromatic nitrogens is 2. The number of amides is 2. The van der Waals surface area contributed by atoms with Crippen LogP contribution in [-0.4, -0.2) is 60.9 Å². The van der Waals surface area contributed by atoms with Crippen LogP contribution in [0.3, 0.4) is 0 Å². The van der Waals surface area contributed by atoms with E-state index in [9.17, 15) is 13.2 Å². The summed E-state index contributed by atoms with van der Waals surface area (Å²) in [6, 6.07) is 11.2. The van der Waals surface area contributed by atoms with E-state index in [1.165, 1.54) is 16.9 Å². The van der Waals surface area contributed by atoms with Crippen LogP contribution in [0, 0.1) is 6.92 Å². The summed E-state index contributed by atoms with van der Waals surface area (Å²) in [5.41, 5.74) is 3.87. The SMILES string of the molecule is Cc1ccc2c(c1)CCC(S(=O)(=O)c1ccc(-c3ccnc(NCCN4CCNC4=O)n3)s1)N2. The van der Waals surface area contributed by atoms with E-state index in [1.807, 2.05) is 19.1 Å². The number of hydrogen-bond donors (Lipinski definition) is 3. The summed E-state index contributed by atoms with van der Waals surface area (Å²) in [6.07, 6.45) is 2.90. The number of carbonyl (C=O) groups excluding carboxylic acids is 1. The van der Waals surface area contributed by atoms with Gasteiger partial charge in [-0.15, -0.1) is 11.3 Å². The van der Waals surface area contributed by atoms with Crippen molar-refractivity contribution < 1.29 is 13.2 Å². The van der Waals surface area contributed by atoms with Crippen LogP contribution in [0.4, 0.5) is 16.4 Å². The maximum absolute atomic E-state index is 13.3. The lowest BCUT2D eigenvalue weighted by Gasteiger charge is -2.26. The van der Waals surface area contributed by atoms with Crippen molar-refractivity contribution in [1.82, 2.24) is 20.2 Å². The van der Waals surface area contributed by atoms with Crippen molar-refractivity contribution in [3.63, 3.8) is 0 Å². The number of benzene rings is 1. The number of rotatable bonds is 7. The molecular formula is C23H26N6O3S2. The zero-order valence-electron chi connectivity index (χ0n) is 18.7. The molecule has 3 N–H and O–H groups in total. The molecule has 2 amide bonds. The van der Waals surface area contributed by atoms with Crippen LogP contribution in [0.5, 0.6) is 0 Å². The van der Waals surface area contributed by atoms with Crippen LogP contribution in [0.2, 0.25) is 0 Å². The molecule has 0 aliphatic carbocycles. The lowest BCUT2D eigenvalue weighted by molar-refractivity contribution is 0.219. The number of nitrogens with zero attached hydrogens (tertiary/aromatic N) is 3. The molecule has 2 aliphatic rings. The Labute approximate surface area is 202 Å². The van der Waals surface area contributed by atoms with Gasteiger partial charge in [0.1, 0.15) is 9.58 Å². The Hall–Kier alpha value is -3.18. The van der Waals surface area contributed by atoms with Gasteiger partial charge in [-0.05, 0) is 49.6 Å². The Morgan fingerprint density at radius 2 is 2.12 bits per heavy atom. The van der Waals surface area contributed by atoms with Gasteiger partial charge in [-0.1, -0.05) is 17.7 Å². The maximum atomic E-state index is 13.3. The van der Waals surface area contributed by atoms with Gasteiger partial charge in [-0.3, -0.25) is 0 Å². The Kier molecular flexibility index (Phi) is 6.13. The summed E-state index contributed by atoms with van der Waals surface area (Å²) in [4.78, 5) is 22.9. The topological polar surface area (TPSA) is 116 Å². The predicted molar refractivity (Wildman–Crippen MR) is 133 cm³/mol. The monoisotopic (exact) mass is 498 g/mol. The van der Waals surface area contributed by atoms with Crippen molar-refractivity contribution in [3.05, 3.63) is 53.7 Å². The summed E-state index contributed by atoms with van der Waals surface area (Å²) in [5, 5.41) is 8.47. The molecule has 2 aromatic heterocycles.